The fourth-order valence-corrected chi connectivity index (χ4v) is 3.76. The summed E-state index contributed by atoms with van der Waals surface area (Å²) >= 11 is 6.27. The van der Waals surface area contributed by atoms with E-state index in [1.165, 1.54) is 6.07 Å². The normalized spacial score (nSPS) is 14.3. The van der Waals surface area contributed by atoms with Gasteiger partial charge in [0.1, 0.15) is 5.69 Å². The Morgan fingerprint density at radius 2 is 1.96 bits per heavy atom. The van der Waals surface area contributed by atoms with Crippen molar-refractivity contribution in [1.82, 2.24) is 9.88 Å². The lowest BCUT2D eigenvalue weighted by Crippen LogP contribution is -2.23. The van der Waals surface area contributed by atoms with Gasteiger partial charge in [-0.15, -0.1) is 0 Å². The number of carbonyl (C=O) groups is 1. The molecule has 0 radical (unpaired) electrons. The van der Waals surface area contributed by atoms with E-state index in [0.29, 0.717) is 34.9 Å². The van der Waals surface area contributed by atoms with Crippen LogP contribution in [0.1, 0.15) is 22.5 Å². The number of hydrogen-bond donors (Lipinski definition) is 1. The molecule has 0 fully saturated rings. The number of nitrogens with one attached hydrogen (secondary N) is 1. The van der Waals surface area contributed by atoms with Crippen molar-refractivity contribution in [3.8, 4) is 11.1 Å². The predicted molar refractivity (Wildman–Crippen MR) is 94.0 cm³/mol. The first-order valence-electron chi connectivity index (χ1n) is 8.03. The molecule has 0 bridgehead atoms. The van der Waals surface area contributed by atoms with Crippen LogP contribution in [0.3, 0.4) is 0 Å². The summed E-state index contributed by atoms with van der Waals surface area (Å²) in [6.45, 7) is 3.15. The number of aryl methyl sites for hydroxylation is 2. The number of amides is 1. The Labute approximate surface area is 148 Å². The summed E-state index contributed by atoms with van der Waals surface area (Å²) in [5.41, 5.74) is 3.46. The highest BCUT2D eigenvalue weighted by Crippen LogP contribution is 2.37. The Balaban J connectivity index is 2.09. The van der Waals surface area contributed by atoms with E-state index in [1.54, 1.807) is 6.07 Å². The molecule has 0 atom stereocenters. The number of halogens is 3. The van der Waals surface area contributed by atoms with E-state index in [9.17, 15) is 13.6 Å². The summed E-state index contributed by atoms with van der Waals surface area (Å²) in [5, 5.41) is 4.22. The largest absolute Gasteiger partial charge is 0.351 e. The topological polar surface area (TPSA) is 34.0 Å². The van der Waals surface area contributed by atoms with Gasteiger partial charge in [0.15, 0.2) is 11.6 Å². The van der Waals surface area contributed by atoms with Gasteiger partial charge < -0.3 is 9.88 Å². The molecule has 0 saturated carbocycles. The van der Waals surface area contributed by atoms with Gasteiger partial charge >= 0.3 is 0 Å². The highest BCUT2D eigenvalue weighted by molar-refractivity contribution is 6.32. The zero-order valence-electron chi connectivity index (χ0n) is 13.5. The molecule has 1 aliphatic rings. The zero-order chi connectivity index (χ0) is 17.7. The Kier molecular flexibility index (Phi) is 3.76. The first-order chi connectivity index (χ1) is 12.0. The summed E-state index contributed by atoms with van der Waals surface area (Å²) in [4.78, 5) is 12.5. The molecule has 0 aliphatic carbocycles. The standard InChI is InChI=1S/C19H15ClF2N2O/c1-10-13-8-12(20)9-14(11-3-4-15(21)16(22)7-11)18(13)24-6-2-5-23-19(25)17(10)24/h3-4,7-9H,2,5-6H2,1H3,(H,23,25). The summed E-state index contributed by atoms with van der Waals surface area (Å²) in [6, 6.07) is 7.32. The first-order valence-corrected chi connectivity index (χ1v) is 8.41. The van der Waals surface area contributed by atoms with Crippen LogP contribution >= 0.6 is 11.6 Å². The second kappa shape index (κ2) is 5.85. The summed E-state index contributed by atoms with van der Waals surface area (Å²) in [6.07, 6.45) is 0.793. The van der Waals surface area contributed by atoms with Gasteiger partial charge in [0.05, 0.1) is 5.52 Å². The van der Waals surface area contributed by atoms with Crippen molar-refractivity contribution in [2.24, 2.45) is 0 Å². The van der Waals surface area contributed by atoms with Crippen LogP contribution in [0, 0.1) is 18.6 Å². The maximum atomic E-state index is 13.8. The Morgan fingerprint density at radius 1 is 1.16 bits per heavy atom. The molecule has 1 N–H and O–H groups in total. The van der Waals surface area contributed by atoms with E-state index >= 15 is 0 Å². The van der Waals surface area contributed by atoms with Crippen LogP contribution in [0.2, 0.25) is 5.02 Å². The smallest absolute Gasteiger partial charge is 0.268 e. The van der Waals surface area contributed by atoms with E-state index in [1.807, 2.05) is 17.6 Å². The SMILES string of the molecule is Cc1c2n(c3c(-c4ccc(F)c(F)c4)cc(Cl)cc13)CCCNC2=O. The molecule has 3 aromatic rings. The Bertz CT molecular complexity index is 1030. The third-order valence-electron chi connectivity index (χ3n) is 4.66. The van der Waals surface area contributed by atoms with Crippen LogP contribution in [0.15, 0.2) is 30.3 Å². The van der Waals surface area contributed by atoms with E-state index in [4.69, 9.17) is 11.6 Å². The van der Waals surface area contributed by atoms with E-state index in [-0.39, 0.29) is 5.91 Å². The predicted octanol–water partition coefficient (Wildman–Crippen LogP) is 4.68. The second-order valence-corrected chi connectivity index (χ2v) is 6.65. The van der Waals surface area contributed by atoms with Crippen LogP contribution < -0.4 is 5.32 Å². The van der Waals surface area contributed by atoms with Gasteiger partial charge in [0, 0.05) is 29.1 Å². The van der Waals surface area contributed by atoms with Gasteiger partial charge in [-0.1, -0.05) is 17.7 Å². The lowest BCUT2D eigenvalue weighted by Gasteiger charge is -2.11. The number of hydrogen-bond acceptors (Lipinski definition) is 1. The molecule has 1 aliphatic heterocycles. The minimum absolute atomic E-state index is 0.126. The molecule has 1 amide bonds. The van der Waals surface area contributed by atoms with E-state index < -0.39 is 11.6 Å². The molecule has 2 heterocycles. The zero-order valence-corrected chi connectivity index (χ0v) is 14.3. The third kappa shape index (κ3) is 2.50. The van der Waals surface area contributed by atoms with Gasteiger partial charge in [0.2, 0.25) is 0 Å². The highest BCUT2D eigenvalue weighted by atomic mass is 35.5. The van der Waals surface area contributed by atoms with Crippen LogP contribution in [0.25, 0.3) is 22.0 Å². The molecular weight excluding hydrogens is 346 g/mol. The van der Waals surface area contributed by atoms with Crippen molar-refractivity contribution in [2.75, 3.05) is 6.54 Å². The van der Waals surface area contributed by atoms with Crippen molar-refractivity contribution < 1.29 is 13.6 Å². The van der Waals surface area contributed by atoms with Crippen molar-refractivity contribution in [3.05, 3.63) is 58.2 Å². The number of carbonyl (C=O) groups excluding carboxylic acids is 1. The third-order valence-corrected chi connectivity index (χ3v) is 4.88. The first kappa shape index (κ1) is 16.1. The number of nitrogens with zero attached hydrogens (tertiary/aromatic N) is 1. The maximum absolute atomic E-state index is 13.8. The van der Waals surface area contributed by atoms with Gasteiger partial charge in [-0.3, -0.25) is 4.79 Å². The molecule has 3 nitrogen and oxygen atoms in total. The van der Waals surface area contributed by atoms with Crippen molar-refractivity contribution >= 4 is 28.4 Å². The van der Waals surface area contributed by atoms with Crippen LogP contribution in [0.5, 0.6) is 0 Å². The Hall–Kier alpha value is -2.40. The Morgan fingerprint density at radius 3 is 2.72 bits per heavy atom. The molecule has 0 spiro atoms. The van der Waals surface area contributed by atoms with E-state index in [2.05, 4.69) is 5.32 Å². The molecule has 2 aromatic carbocycles. The van der Waals surface area contributed by atoms with Crippen LogP contribution in [0.4, 0.5) is 8.78 Å². The van der Waals surface area contributed by atoms with Gasteiger partial charge in [-0.25, -0.2) is 8.78 Å². The number of aromatic nitrogens is 1. The monoisotopic (exact) mass is 360 g/mol. The number of benzene rings is 2. The molecule has 4 rings (SSSR count). The lowest BCUT2D eigenvalue weighted by atomic mass is 10.0. The molecule has 6 heteroatoms. The van der Waals surface area contributed by atoms with Crippen molar-refractivity contribution in [2.45, 2.75) is 19.9 Å². The summed E-state index contributed by atoms with van der Waals surface area (Å²) in [5.74, 6) is -1.94. The van der Waals surface area contributed by atoms with Gasteiger partial charge in [0.25, 0.3) is 5.91 Å². The average Bonchev–Trinajstić information content (AvgIpc) is 2.73. The lowest BCUT2D eigenvalue weighted by molar-refractivity contribution is 0.0951. The van der Waals surface area contributed by atoms with Gasteiger partial charge in [-0.05, 0) is 48.7 Å². The van der Waals surface area contributed by atoms with Crippen molar-refractivity contribution in [1.29, 1.82) is 0 Å². The minimum atomic E-state index is -0.914. The fourth-order valence-electron chi connectivity index (χ4n) is 3.54. The second-order valence-electron chi connectivity index (χ2n) is 6.21. The average molecular weight is 361 g/mol. The number of fused-ring (bicyclic) bond motifs is 3. The summed E-state index contributed by atoms with van der Waals surface area (Å²) in [7, 11) is 0. The molecule has 0 saturated heterocycles. The van der Waals surface area contributed by atoms with Gasteiger partial charge in [-0.2, -0.15) is 0 Å². The fraction of sp³-hybridized carbons (Fsp3) is 0.211. The summed E-state index contributed by atoms with van der Waals surface area (Å²) < 4.78 is 29.0. The minimum Gasteiger partial charge on any atom is -0.351 e. The quantitative estimate of drug-likeness (QED) is 0.671. The number of rotatable bonds is 1. The molecule has 25 heavy (non-hydrogen) atoms. The maximum Gasteiger partial charge on any atom is 0.268 e. The van der Waals surface area contributed by atoms with Crippen molar-refractivity contribution in [3.63, 3.8) is 0 Å². The molecular formula is C19H15ClF2N2O. The van der Waals surface area contributed by atoms with Crippen LogP contribution in [-0.2, 0) is 6.54 Å². The molecule has 1 aromatic heterocycles. The highest BCUT2D eigenvalue weighted by Gasteiger charge is 2.24. The molecule has 0 unspecified atom stereocenters. The van der Waals surface area contributed by atoms with E-state index in [0.717, 1.165) is 35.0 Å². The molecule has 128 valence electrons. The van der Waals surface area contributed by atoms with Crippen LogP contribution in [-0.4, -0.2) is 17.0 Å².